The summed E-state index contributed by atoms with van der Waals surface area (Å²) in [6.07, 6.45) is -0.0651. The highest BCUT2D eigenvalue weighted by Crippen LogP contribution is 2.32. The van der Waals surface area contributed by atoms with Gasteiger partial charge in [-0.25, -0.2) is 4.79 Å². The molecule has 1 fully saturated rings. The van der Waals surface area contributed by atoms with Crippen molar-refractivity contribution >= 4 is 69.8 Å². The van der Waals surface area contributed by atoms with E-state index >= 15 is 0 Å². The summed E-state index contributed by atoms with van der Waals surface area (Å²) in [5, 5.41) is 6.04. The minimum absolute atomic E-state index is 0.0926. The smallest absolute Gasteiger partial charge is 0.408 e. The van der Waals surface area contributed by atoms with E-state index in [4.69, 9.17) is 67.5 Å². The van der Waals surface area contributed by atoms with Crippen LogP contribution in [0.4, 0.5) is 10.5 Å². The molecule has 0 aliphatic carbocycles. The van der Waals surface area contributed by atoms with Crippen molar-refractivity contribution in [2.45, 2.75) is 28.9 Å². The van der Waals surface area contributed by atoms with Crippen LogP contribution in [0.2, 0.25) is 10.0 Å². The fraction of sp³-hybridized carbons (Fsp3) is 0.500. The highest BCUT2D eigenvalue weighted by Gasteiger charge is 2.34. The summed E-state index contributed by atoms with van der Waals surface area (Å²) in [6.45, 7) is 0.816. The fourth-order valence-corrected chi connectivity index (χ4v) is 2.68. The van der Waals surface area contributed by atoms with Crippen molar-refractivity contribution in [3.63, 3.8) is 0 Å². The van der Waals surface area contributed by atoms with Crippen LogP contribution in [-0.4, -0.2) is 35.4 Å². The largest absolute Gasteiger partial charge is 0.447 e. The van der Waals surface area contributed by atoms with Crippen molar-refractivity contribution in [3.8, 4) is 0 Å². The van der Waals surface area contributed by atoms with Crippen LogP contribution in [0.1, 0.15) is 12.8 Å². The molecule has 0 saturated carbocycles. The lowest BCUT2D eigenvalue weighted by Crippen LogP contribution is -2.49. The lowest BCUT2D eigenvalue weighted by Gasteiger charge is -2.27. The number of carbonyl (C=O) groups is 1. The molecule has 10 heteroatoms. The number of benzene rings is 1. The Morgan fingerprint density at radius 1 is 1.33 bits per heavy atom. The van der Waals surface area contributed by atoms with Gasteiger partial charge in [0.05, 0.1) is 16.1 Å². The number of hydrogen-bond donors (Lipinski definition) is 2. The molecule has 2 rings (SSSR count). The minimum atomic E-state index is -1.82. The Kier molecular flexibility index (Phi) is 7.40. The van der Waals surface area contributed by atoms with E-state index in [0.29, 0.717) is 22.3 Å². The van der Waals surface area contributed by atoms with Gasteiger partial charge in [-0.2, -0.15) is 0 Å². The molecule has 0 aromatic heterocycles. The molecular formula is C14H15Cl5N2O3. The minimum Gasteiger partial charge on any atom is -0.447 e. The molecule has 0 unspecified atom stereocenters. The number of carbonyl (C=O) groups excluding carboxylic acids is 1. The molecule has 0 radical (unpaired) electrons. The van der Waals surface area contributed by atoms with Gasteiger partial charge in [0.2, 0.25) is 3.79 Å². The zero-order chi connectivity index (χ0) is 17.7. The van der Waals surface area contributed by atoms with Gasteiger partial charge in [0.1, 0.15) is 12.8 Å². The van der Waals surface area contributed by atoms with Crippen molar-refractivity contribution in [2.24, 2.45) is 0 Å². The average Bonchev–Trinajstić information content (AvgIpc) is 3.00. The van der Waals surface area contributed by atoms with Crippen LogP contribution >= 0.6 is 58.0 Å². The molecule has 0 spiro atoms. The molecule has 0 bridgehead atoms. The van der Waals surface area contributed by atoms with Gasteiger partial charge < -0.3 is 14.8 Å². The molecule has 24 heavy (non-hydrogen) atoms. The topological polar surface area (TPSA) is 59.6 Å². The van der Waals surface area contributed by atoms with Crippen LogP contribution < -0.4 is 10.6 Å². The number of hydrogen-bond acceptors (Lipinski definition) is 4. The highest BCUT2D eigenvalue weighted by atomic mass is 35.6. The third-order valence-corrected chi connectivity index (χ3v) is 4.64. The third-order valence-electron chi connectivity index (χ3n) is 3.24. The number of alkyl carbamates (subject to hydrolysis) is 1. The second-order valence-corrected chi connectivity index (χ2v) is 8.31. The van der Waals surface area contributed by atoms with Crippen LogP contribution in [0, 0.1) is 0 Å². The van der Waals surface area contributed by atoms with E-state index in [1.807, 2.05) is 0 Å². The van der Waals surface area contributed by atoms with Crippen molar-refractivity contribution in [1.29, 1.82) is 0 Å². The first-order valence-electron chi connectivity index (χ1n) is 7.09. The fourth-order valence-electron chi connectivity index (χ4n) is 2.06. The maximum absolute atomic E-state index is 11.9. The summed E-state index contributed by atoms with van der Waals surface area (Å²) in [4.78, 5) is 11.9. The SMILES string of the molecule is O=C(N[C@H](Nc1ccc(Cl)c(Cl)c1)C(Cl)(Cl)Cl)OC[C@H]1CCCO1. The molecule has 1 saturated heterocycles. The molecule has 5 nitrogen and oxygen atoms in total. The van der Waals surface area contributed by atoms with E-state index in [1.165, 1.54) is 0 Å². The summed E-state index contributed by atoms with van der Waals surface area (Å²) in [6, 6.07) is 4.76. The number of anilines is 1. The van der Waals surface area contributed by atoms with Crippen LogP contribution in [0.15, 0.2) is 18.2 Å². The predicted octanol–water partition coefficient (Wildman–Crippen LogP) is 5.01. The van der Waals surface area contributed by atoms with E-state index in [2.05, 4.69) is 10.6 Å². The van der Waals surface area contributed by atoms with E-state index < -0.39 is 16.1 Å². The van der Waals surface area contributed by atoms with Gasteiger partial charge >= 0.3 is 6.09 Å². The van der Waals surface area contributed by atoms with Gasteiger partial charge in [-0.3, -0.25) is 5.32 Å². The zero-order valence-electron chi connectivity index (χ0n) is 12.3. The molecule has 134 valence electrons. The number of amides is 1. The Hall–Kier alpha value is -0.300. The molecule has 2 N–H and O–H groups in total. The molecule has 2 atom stereocenters. The maximum atomic E-state index is 11.9. The van der Waals surface area contributed by atoms with Crippen molar-refractivity contribution in [1.82, 2.24) is 5.32 Å². The van der Waals surface area contributed by atoms with Crippen LogP contribution in [0.25, 0.3) is 0 Å². The standard InChI is InChI=1S/C14H15Cl5N2O3/c15-10-4-3-8(6-11(10)16)20-12(14(17,18)19)21-13(22)24-7-9-2-1-5-23-9/h3-4,6,9,12,20H,1-2,5,7H2,(H,21,22)/t9-,12+/m1/s1. The number of alkyl halides is 3. The number of ether oxygens (including phenoxy) is 2. The van der Waals surface area contributed by atoms with Gasteiger partial charge in [0, 0.05) is 12.3 Å². The monoisotopic (exact) mass is 434 g/mol. The van der Waals surface area contributed by atoms with Crippen molar-refractivity contribution < 1.29 is 14.3 Å². The predicted molar refractivity (Wildman–Crippen MR) is 97.6 cm³/mol. The summed E-state index contributed by atoms with van der Waals surface area (Å²) in [5.74, 6) is 0. The van der Waals surface area contributed by atoms with E-state index in [9.17, 15) is 4.79 Å². The summed E-state index contributed by atoms with van der Waals surface area (Å²) < 4.78 is 8.64. The second kappa shape index (κ2) is 8.88. The van der Waals surface area contributed by atoms with Crippen LogP contribution in [0.5, 0.6) is 0 Å². The van der Waals surface area contributed by atoms with Crippen LogP contribution in [0.3, 0.4) is 0 Å². The first-order chi connectivity index (χ1) is 11.3. The lowest BCUT2D eigenvalue weighted by atomic mass is 10.2. The number of nitrogens with one attached hydrogen (secondary N) is 2. The van der Waals surface area contributed by atoms with Crippen molar-refractivity contribution in [3.05, 3.63) is 28.2 Å². The molecule has 1 aliphatic rings. The molecule has 1 aromatic rings. The Morgan fingerprint density at radius 2 is 2.08 bits per heavy atom. The average molecular weight is 437 g/mol. The number of rotatable bonds is 5. The van der Waals surface area contributed by atoms with Gasteiger partial charge in [0.25, 0.3) is 0 Å². The first kappa shape index (κ1) is 20.0. The Bertz CT molecular complexity index is 576. The summed E-state index contributed by atoms with van der Waals surface area (Å²) in [5.41, 5.74) is 0.514. The van der Waals surface area contributed by atoms with Gasteiger partial charge in [0.15, 0.2) is 0 Å². The normalized spacial score (nSPS) is 19.0. The zero-order valence-corrected chi connectivity index (χ0v) is 16.1. The Labute approximate surface area is 164 Å². The second-order valence-electron chi connectivity index (χ2n) is 5.13. The Morgan fingerprint density at radius 3 is 2.67 bits per heavy atom. The summed E-state index contributed by atoms with van der Waals surface area (Å²) in [7, 11) is 0. The van der Waals surface area contributed by atoms with Gasteiger partial charge in [-0.15, -0.1) is 0 Å². The van der Waals surface area contributed by atoms with Crippen molar-refractivity contribution in [2.75, 3.05) is 18.5 Å². The van der Waals surface area contributed by atoms with Gasteiger partial charge in [-0.1, -0.05) is 58.0 Å². The molecular weight excluding hydrogens is 421 g/mol. The molecule has 1 aliphatic heterocycles. The molecule has 1 heterocycles. The lowest BCUT2D eigenvalue weighted by molar-refractivity contribution is 0.0432. The quantitative estimate of drug-likeness (QED) is 0.503. The Balaban J connectivity index is 1.94. The molecule has 1 aromatic carbocycles. The third kappa shape index (κ3) is 6.21. The molecule has 1 amide bonds. The van der Waals surface area contributed by atoms with E-state index in [0.717, 1.165) is 12.8 Å². The summed E-state index contributed by atoms with van der Waals surface area (Å²) >= 11 is 29.5. The van der Waals surface area contributed by atoms with Gasteiger partial charge in [-0.05, 0) is 31.0 Å². The number of halogens is 5. The highest BCUT2D eigenvalue weighted by molar-refractivity contribution is 6.68. The maximum Gasteiger partial charge on any atom is 0.408 e. The first-order valence-corrected chi connectivity index (χ1v) is 8.98. The van der Waals surface area contributed by atoms with E-state index in [1.54, 1.807) is 18.2 Å². The van der Waals surface area contributed by atoms with E-state index in [-0.39, 0.29) is 12.7 Å². The van der Waals surface area contributed by atoms with Crippen LogP contribution in [-0.2, 0) is 9.47 Å².